The van der Waals surface area contributed by atoms with Crippen molar-refractivity contribution in [2.24, 2.45) is 5.92 Å². The van der Waals surface area contributed by atoms with Crippen LogP contribution in [-0.4, -0.2) is 36.2 Å². The molecule has 2 aliphatic rings. The highest BCUT2D eigenvalue weighted by molar-refractivity contribution is 5.81. The smallest absolute Gasteiger partial charge is 0.305 e. The van der Waals surface area contributed by atoms with Crippen molar-refractivity contribution >= 4 is 11.9 Å². The molecule has 1 fully saturated rings. The first-order valence-electron chi connectivity index (χ1n) is 8.35. The van der Waals surface area contributed by atoms with Crippen LogP contribution in [0.2, 0.25) is 0 Å². The number of aliphatic carboxylic acids is 1. The summed E-state index contributed by atoms with van der Waals surface area (Å²) in [5.74, 6) is 0.215. The summed E-state index contributed by atoms with van der Waals surface area (Å²) in [7, 11) is 1.60. The van der Waals surface area contributed by atoms with E-state index in [9.17, 15) is 9.59 Å². The van der Waals surface area contributed by atoms with E-state index in [1.165, 1.54) is 0 Å². The lowest BCUT2D eigenvalue weighted by atomic mass is 9.90. The van der Waals surface area contributed by atoms with Crippen molar-refractivity contribution in [2.45, 2.75) is 44.1 Å². The van der Waals surface area contributed by atoms with Crippen molar-refractivity contribution in [3.63, 3.8) is 0 Å². The molecule has 0 bridgehead atoms. The monoisotopic (exact) mass is 333 g/mol. The number of rotatable bonds is 5. The number of fused-ring (bicyclic) bond motifs is 1. The standard InChI is InChI=1S/C18H23NO5/c1-23-14-4-5-15-12(9-14)8-13(11-24-15)17(22)19-18(10-16(20)21)6-2-3-7-18/h4-5,9,13H,2-3,6-8,10-11H2,1H3,(H,19,22)(H,20,21). The molecule has 6 nitrogen and oxygen atoms in total. The molecule has 1 amide bonds. The van der Waals surface area contributed by atoms with Gasteiger partial charge in [0.1, 0.15) is 18.1 Å². The lowest BCUT2D eigenvalue weighted by molar-refractivity contribution is -0.139. The van der Waals surface area contributed by atoms with Crippen LogP contribution in [0.1, 0.15) is 37.7 Å². The Kier molecular flexibility index (Phi) is 4.64. The van der Waals surface area contributed by atoms with E-state index in [1.807, 2.05) is 18.2 Å². The van der Waals surface area contributed by atoms with Gasteiger partial charge in [-0.3, -0.25) is 9.59 Å². The van der Waals surface area contributed by atoms with E-state index in [-0.39, 0.29) is 18.2 Å². The van der Waals surface area contributed by atoms with Gasteiger partial charge in [0.25, 0.3) is 0 Å². The van der Waals surface area contributed by atoms with Crippen LogP contribution < -0.4 is 14.8 Å². The van der Waals surface area contributed by atoms with Gasteiger partial charge in [0.2, 0.25) is 5.91 Å². The third-order valence-electron chi connectivity index (χ3n) is 4.98. The molecule has 130 valence electrons. The molecule has 0 aromatic heterocycles. The molecule has 2 N–H and O–H groups in total. The molecule has 1 aliphatic heterocycles. The Morgan fingerprint density at radius 2 is 2.12 bits per heavy atom. The van der Waals surface area contributed by atoms with E-state index < -0.39 is 11.5 Å². The van der Waals surface area contributed by atoms with Crippen LogP contribution in [0.15, 0.2) is 18.2 Å². The molecule has 0 radical (unpaired) electrons. The molecule has 1 atom stereocenters. The van der Waals surface area contributed by atoms with Crippen LogP contribution in [0, 0.1) is 5.92 Å². The number of benzene rings is 1. The maximum atomic E-state index is 12.7. The van der Waals surface area contributed by atoms with Crippen LogP contribution in [0.3, 0.4) is 0 Å². The number of ether oxygens (including phenoxy) is 2. The molecule has 6 heteroatoms. The molecule has 0 saturated heterocycles. The summed E-state index contributed by atoms with van der Waals surface area (Å²) in [5.41, 5.74) is 0.344. The zero-order valence-corrected chi connectivity index (χ0v) is 13.8. The third-order valence-corrected chi connectivity index (χ3v) is 4.98. The van der Waals surface area contributed by atoms with Gasteiger partial charge in [-0.15, -0.1) is 0 Å². The molecule has 1 saturated carbocycles. The Hall–Kier alpha value is -2.24. The van der Waals surface area contributed by atoms with Crippen molar-refractivity contribution in [1.29, 1.82) is 0 Å². The first kappa shape index (κ1) is 16.6. The van der Waals surface area contributed by atoms with Crippen LogP contribution >= 0.6 is 0 Å². The first-order valence-corrected chi connectivity index (χ1v) is 8.35. The number of carboxylic acid groups (broad SMARTS) is 1. The minimum Gasteiger partial charge on any atom is -0.497 e. The Bertz CT molecular complexity index is 636. The van der Waals surface area contributed by atoms with Crippen LogP contribution in [-0.2, 0) is 16.0 Å². The van der Waals surface area contributed by atoms with Crippen molar-refractivity contribution in [3.05, 3.63) is 23.8 Å². The number of carbonyl (C=O) groups is 2. The number of carbonyl (C=O) groups excluding carboxylic acids is 1. The molecule has 1 unspecified atom stereocenters. The van der Waals surface area contributed by atoms with Crippen LogP contribution in [0.4, 0.5) is 0 Å². The largest absolute Gasteiger partial charge is 0.497 e. The molecule has 1 aromatic rings. The first-order chi connectivity index (χ1) is 11.5. The van der Waals surface area contributed by atoms with E-state index in [0.29, 0.717) is 13.0 Å². The predicted molar refractivity (Wildman–Crippen MR) is 87.3 cm³/mol. The van der Waals surface area contributed by atoms with E-state index in [0.717, 1.165) is 42.7 Å². The minimum absolute atomic E-state index is 0.0171. The lowest BCUT2D eigenvalue weighted by Gasteiger charge is -2.32. The second-order valence-electron chi connectivity index (χ2n) is 6.73. The van der Waals surface area contributed by atoms with Gasteiger partial charge in [-0.1, -0.05) is 12.8 Å². The average molecular weight is 333 g/mol. The molecule has 24 heavy (non-hydrogen) atoms. The van der Waals surface area contributed by atoms with E-state index in [2.05, 4.69) is 5.32 Å². The van der Waals surface area contributed by atoms with Gasteiger partial charge in [-0.05, 0) is 43.0 Å². The second-order valence-corrected chi connectivity index (χ2v) is 6.73. The zero-order chi connectivity index (χ0) is 17.2. The summed E-state index contributed by atoms with van der Waals surface area (Å²) in [5, 5.41) is 12.2. The highest BCUT2D eigenvalue weighted by Crippen LogP contribution is 2.34. The Labute approximate surface area is 141 Å². The maximum absolute atomic E-state index is 12.7. The Balaban J connectivity index is 1.70. The van der Waals surface area contributed by atoms with Crippen molar-refractivity contribution in [3.8, 4) is 11.5 Å². The molecule has 0 spiro atoms. The number of methoxy groups -OCH3 is 1. The lowest BCUT2D eigenvalue weighted by Crippen LogP contribution is -2.51. The summed E-state index contributed by atoms with van der Waals surface area (Å²) in [6, 6.07) is 5.57. The van der Waals surface area contributed by atoms with Gasteiger partial charge >= 0.3 is 5.97 Å². The van der Waals surface area contributed by atoms with Gasteiger partial charge in [0, 0.05) is 0 Å². The molecule has 1 aromatic carbocycles. The Morgan fingerprint density at radius 1 is 1.38 bits per heavy atom. The Morgan fingerprint density at radius 3 is 2.79 bits per heavy atom. The maximum Gasteiger partial charge on any atom is 0.305 e. The predicted octanol–water partition coefficient (Wildman–Crippen LogP) is 2.15. The second kappa shape index (κ2) is 6.71. The van der Waals surface area contributed by atoms with Crippen LogP contribution in [0.25, 0.3) is 0 Å². The summed E-state index contributed by atoms with van der Waals surface area (Å²) in [6.07, 6.45) is 3.91. The average Bonchev–Trinajstić information content (AvgIpc) is 3.00. The van der Waals surface area contributed by atoms with Gasteiger partial charge in [0.05, 0.1) is 25.0 Å². The van der Waals surface area contributed by atoms with Crippen molar-refractivity contribution in [1.82, 2.24) is 5.32 Å². The normalized spacial score (nSPS) is 21.5. The highest BCUT2D eigenvalue weighted by atomic mass is 16.5. The SMILES string of the molecule is COc1ccc2c(c1)CC(C(=O)NC1(CC(=O)O)CCCC1)CO2. The van der Waals surface area contributed by atoms with E-state index in [1.54, 1.807) is 7.11 Å². The highest BCUT2D eigenvalue weighted by Gasteiger charge is 2.39. The number of nitrogens with one attached hydrogen (secondary N) is 1. The van der Waals surface area contributed by atoms with Crippen molar-refractivity contribution in [2.75, 3.05) is 13.7 Å². The van der Waals surface area contributed by atoms with Crippen molar-refractivity contribution < 1.29 is 24.2 Å². The van der Waals surface area contributed by atoms with E-state index >= 15 is 0 Å². The van der Waals surface area contributed by atoms with Gasteiger partial charge in [-0.2, -0.15) is 0 Å². The van der Waals surface area contributed by atoms with Gasteiger partial charge in [-0.25, -0.2) is 0 Å². The third kappa shape index (κ3) is 3.47. The number of amides is 1. The summed E-state index contributed by atoms with van der Waals surface area (Å²) in [4.78, 5) is 23.9. The molecule has 1 heterocycles. The molecular weight excluding hydrogens is 310 g/mol. The number of hydrogen-bond donors (Lipinski definition) is 2. The van der Waals surface area contributed by atoms with Gasteiger partial charge in [0.15, 0.2) is 0 Å². The number of carboxylic acids is 1. The molecule has 3 rings (SSSR count). The molecule has 1 aliphatic carbocycles. The fourth-order valence-electron chi connectivity index (χ4n) is 3.72. The minimum atomic E-state index is -0.868. The topological polar surface area (TPSA) is 84.9 Å². The summed E-state index contributed by atoms with van der Waals surface area (Å²) in [6.45, 7) is 0.314. The summed E-state index contributed by atoms with van der Waals surface area (Å²) >= 11 is 0. The quantitative estimate of drug-likeness (QED) is 0.862. The zero-order valence-electron chi connectivity index (χ0n) is 13.8. The fraction of sp³-hybridized carbons (Fsp3) is 0.556. The van der Waals surface area contributed by atoms with Crippen LogP contribution in [0.5, 0.6) is 11.5 Å². The van der Waals surface area contributed by atoms with E-state index in [4.69, 9.17) is 14.6 Å². The van der Waals surface area contributed by atoms with Gasteiger partial charge < -0.3 is 19.9 Å². The number of hydrogen-bond acceptors (Lipinski definition) is 4. The molecular formula is C18H23NO5. The fourth-order valence-corrected chi connectivity index (χ4v) is 3.72. The summed E-state index contributed by atoms with van der Waals surface area (Å²) < 4.78 is 10.9.